The molecule has 34 heavy (non-hydrogen) atoms. The van der Waals surface area contributed by atoms with Crippen molar-refractivity contribution in [2.45, 2.75) is 29.0 Å². The highest BCUT2D eigenvalue weighted by Gasteiger charge is 2.69. The van der Waals surface area contributed by atoms with E-state index in [2.05, 4.69) is 16.7 Å². The quantitative estimate of drug-likeness (QED) is 0.446. The Balaban J connectivity index is 1.42. The molecule has 1 aromatic carbocycles. The number of aromatic nitrogens is 1. The number of methoxy groups -OCH3 is 1. The molecule has 10 heteroatoms. The number of thioether (sulfide) groups is 1. The summed E-state index contributed by atoms with van der Waals surface area (Å²) in [4.78, 5) is 40.0. The van der Waals surface area contributed by atoms with Gasteiger partial charge in [0.25, 0.3) is 0 Å². The fourth-order valence-corrected chi connectivity index (χ4v) is 10.4. The number of hydrogen-bond donors (Lipinski definition) is 0. The van der Waals surface area contributed by atoms with E-state index in [-0.39, 0.29) is 65.5 Å². The lowest BCUT2D eigenvalue weighted by molar-refractivity contribution is -0.305. The van der Waals surface area contributed by atoms with Crippen LogP contribution in [0.15, 0.2) is 29.3 Å². The largest absolute Gasteiger partial charge is 0.550 e. The summed E-state index contributed by atoms with van der Waals surface area (Å²) in [5.41, 5.74) is 1.17. The summed E-state index contributed by atoms with van der Waals surface area (Å²) < 4.78 is 8.26. The van der Waals surface area contributed by atoms with E-state index in [0.29, 0.717) is 0 Å². The van der Waals surface area contributed by atoms with Crippen LogP contribution in [0.5, 0.6) is 5.75 Å². The van der Waals surface area contributed by atoms with Crippen molar-refractivity contribution in [3.8, 4) is 5.75 Å². The van der Waals surface area contributed by atoms with Crippen LogP contribution in [0, 0.1) is 33.5 Å². The van der Waals surface area contributed by atoms with Gasteiger partial charge < -0.3 is 19.2 Å². The molecule has 3 heterocycles. The van der Waals surface area contributed by atoms with Crippen LogP contribution in [0.2, 0.25) is 0 Å². The summed E-state index contributed by atoms with van der Waals surface area (Å²) in [6, 6.07) is 8.13. The van der Waals surface area contributed by atoms with Crippen molar-refractivity contribution < 1.29 is 24.2 Å². The predicted octanol–water partition coefficient (Wildman–Crippen LogP) is 2.44. The van der Waals surface area contributed by atoms with Gasteiger partial charge in [-0.25, -0.2) is 0 Å². The molecule has 2 amide bonds. The average Bonchev–Trinajstić information content (AvgIpc) is 3.53. The minimum Gasteiger partial charge on any atom is -0.550 e. The van der Waals surface area contributed by atoms with Gasteiger partial charge in [0.1, 0.15) is 5.75 Å². The van der Waals surface area contributed by atoms with Crippen LogP contribution < -0.4 is 9.84 Å². The molecule has 3 fully saturated rings. The molecule has 7 atom stereocenters. The van der Waals surface area contributed by atoms with Crippen molar-refractivity contribution in [1.82, 2.24) is 9.47 Å². The van der Waals surface area contributed by atoms with Crippen LogP contribution in [0.25, 0.3) is 0 Å². The van der Waals surface area contributed by atoms with E-state index in [1.807, 2.05) is 30.9 Å². The lowest BCUT2D eigenvalue weighted by atomic mass is 9.68. The van der Waals surface area contributed by atoms with Crippen molar-refractivity contribution in [3.05, 3.63) is 38.7 Å². The standard InChI is InChI=1S/C24H24N2O5S3/c1-25-23-20(34-24(25)32)15(10-3-5-11(31-2)6-4-10)16-12-9-13(19(16)33-23)18-17(12)21(29)26(22(18)30)8-7-14(27)28/h3-6,12-13,15-19H,7-9H2,1-2H3,(H,27,28)/p-1. The SMILES string of the molecule is COc1ccc(C2c3sc(=S)n(C)c3SC3C4CC(C5C(=O)N(CCC(=O)[O-])C(=O)C45)C23)cc1. The van der Waals surface area contributed by atoms with Gasteiger partial charge in [-0.1, -0.05) is 12.1 Å². The Morgan fingerprint density at radius 3 is 2.50 bits per heavy atom. The lowest BCUT2D eigenvalue weighted by Gasteiger charge is -2.43. The zero-order valence-corrected chi connectivity index (χ0v) is 21.1. The summed E-state index contributed by atoms with van der Waals surface area (Å²) in [7, 11) is 3.64. The zero-order chi connectivity index (χ0) is 23.9. The number of rotatable bonds is 5. The number of carboxylic acid groups (broad SMARTS) is 1. The zero-order valence-electron chi connectivity index (χ0n) is 18.6. The second kappa shape index (κ2) is 7.93. The minimum absolute atomic E-state index is 0.0816. The molecule has 0 radical (unpaired) electrons. The van der Waals surface area contributed by atoms with Gasteiger partial charge in [0.2, 0.25) is 11.8 Å². The molecular weight excluding hydrogens is 492 g/mol. The second-order valence-corrected chi connectivity index (χ2v) is 12.4. The molecule has 7 nitrogen and oxygen atoms in total. The monoisotopic (exact) mass is 515 g/mol. The third-order valence-electron chi connectivity index (χ3n) is 8.17. The van der Waals surface area contributed by atoms with Gasteiger partial charge >= 0.3 is 0 Å². The Hall–Kier alpha value is -2.17. The minimum atomic E-state index is -1.25. The molecule has 2 saturated carbocycles. The first-order valence-corrected chi connectivity index (χ1v) is 13.5. The van der Waals surface area contributed by atoms with E-state index >= 15 is 0 Å². The first-order chi connectivity index (χ1) is 16.3. The summed E-state index contributed by atoms with van der Waals surface area (Å²) in [6.07, 6.45) is 0.534. The van der Waals surface area contributed by atoms with Gasteiger partial charge in [0, 0.05) is 42.0 Å². The Labute approximate surface area is 210 Å². The Kier molecular flexibility index (Phi) is 5.20. The van der Waals surface area contributed by atoms with Crippen molar-refractivity contribution >= 4 is 53.1 Å². The van der Waals surface area contributed by atoms with Crippen molar-refractivity contribution in [2.75, 3.05) is 13.7 Å². The molecule has 4 aliphatic rings. The summed E-state index contributed by atoms with van der Waals surface area (Å²) in [5, 5.41) is 12.3. The summed E-state index contributed by atoms with van der Waals surface area (Å²) in [5.74, 6) is -1.09. The number of aliphatic carboxylic acids is 1. The van der Waals surface area contributed by atoms with Crippen LogP contribution in [-0.2, 0) is 21.4 Å². The first-order valence-electron chi connectivity index (χ1n) is 11.4. The van der Waals surface area contributed by atoms with Gasteiger partial charge in [-0.05, 0) is 54.1 Å². The number of carbonyl (C=O) groups is 3. The average molecular weight is 516 g/mol. The van der Waals surface area contributed by atoms with Crippen LogP contribution >= 0.6 is 35.3 Å². The van der Waals surface area contributed by atoms with E-state index in [4.69, 9.17) is 17.0 Å². The number of fused-ring (bicyclic) bond motifs is 9. The number of likely N-dealkylation sites (tertiary alicyclic amines) is 1. The summed E-state index contributed by atoms with van der Waals surface area (Å²) >= 11 is 9.08. The Bertz CT molecular complexity index is 1270. The highest BCUT2D eigenvalue weighted by Crippen LogP contribution is 2.69. The molecule has 2 bridgehead atoms. The lowest BCUT2D eigenvalue weighted by Crippen LogP contribution is -2.43. The molecule has 6 rings (SSSR count). The summed E-state index contributed by atoms with van der Waals surface area (Å²) in [6.45, 7) is -0.0988. The number of benzene rings is 1. The maximum absolute atomic E-state index is 13.4. The molecule has 0 N–H and O–H groups in total. The maximum atomic E-state index is 13.4. The van der Waals surface area contributed by atoms with Crippen LogP contribution in [0.3, 0.4) is 0 Å². The maximum Gasteiger partial charge on any atom is 0.233 e. The molecule has 7 unspecified atom stereocenters. The van der Waals surface area contributed by atoms with Crippen LogP contribution in [-0.4, -0.2) is 46.2 Å². The van der Waals surface area contributed by atoms with Crippen LogP contribution in [0.1, 0.15) is 29.2 Å². The van der Waals surface area contributed by atoms with Crippen molar-refractivity contribution in [3.63, 3.8) is 0 Å². The molecular formula is C24H23N2O5S3-. The number of carboxylic acids is 1. The van der Waals surface area contributed by atoms with E-state index < -0.39 is 5.97 Å². The van der Waals surface area contributed by atoms with Gasteiger partial charge in [-0.2, -0.15) is 0 Å². The van der Waals surface area contributed by atoms with E-state index in [0.717, 1.165) is 21.2 Å². The third-order valence-corrected chi connectivity index (χ3v) is 11.6. The molecule has 1 aromatic heterocycles. The van der Waals surface area contributed by atoms with E-state index in [9.17, 15) is 19.5 Å². The molecule has 2 aliphatic heterocycles. The van der Waals surface area contributed by atoms with Gasteiger partial charge in [0.05, 0.1) is 24.0 Å². The van der Waals surface area contributed by atoms with E-state index in [1.54, 1.807) is 18.4 Å². The number of hydrogen-bond acceptors (Lipinski definition) is 8. The molecule has 1 saturated heterocycles. The third kappa shape index (κ3) is 3.01. The number of nitrogens with zero attached hydrogens (tertiary/aromatic N) is 2. The van der Waals surface area contributed by atoms with Gasteiger partial charge in [0.15, 0.2) is 3.95 Å². The fourth-order valence-electron chi connectivity index (χ4n) is 6.85. The molecule has 2 aliphatic carbocycles. The highest BCUT2D eigenvalue weighted by molar-refractivity contribution is 8.00. The number of ether oxygens (including phenoxy) is 1. The van der Waals surface area contributed by atoms with Crippen LogP contribution in [0.4, 0.5) is 0 Å². The molecule has 2 aromatic rings. The fraction of sp³-hybridized carbons (Fsp3) is 0.500. The number of imide groups is 1. The number of amides is 2. The predicted molar refractivity (Wildman–Crippen MR) is 127 cm³/mol. The van der Waals surface area contributed by atoms with Gasteiger partial charge in [-0.15, -0.1) is 23.1 Å². The van der Waals surface area contributed by atoms with E-state index in [1.165, 1.54) is 15.3 Å². The Morgan fingerprint density at radius 2 is 1.85 bits per heavy atom. The number of thiazole rings is 1. The highest BCUT2D eigenvalue weighted by atomic mass is 32.2. The van der Waals surface area contributed by atoms with Crippen molar-refractivity contribution in [2.24, 2.45) is 36.6 Å². The smallest absolute Gasteiger partial charge is 0.233 e. The number of carbonyl (C=O) groups excluding carboxylic acids is 3. The van der Waals surface area contributed by atoms with Gasteiger partial charge in [-0.3, -0.25) is 14.5 Å². The second-order valence-electron chi connectivity index (χ2n) is 9.57. The first kappa shape index (κ1) is 22.3. The topological polar surface area (TPSA) is 91.7 Å². The Morgan fingerprint density at radius 1 is 1.18 bits per heavy atom. The molecule has 0 spiro atoms. The molecule has 178 valence electrons. The van der Waals surface area contributed by atoms with Crippen molar-refractivity contribution in [1.29, 1.82) is 0 Å². The normalized spacial score (nSPS) is 33.1.